The topological polar surface area (TPSA) is 19.4 Å². The van der Waals surface area contributed by atoms with E-state index >= 15 is 0 Å². The van der Waals surface area contributed by atoms with E-state index in [0.29, 0.717) is 6.04 Å². The molecule has 1 fully saturated rings. The van der Waals surface area contributed by atoms with Crippen LogP contribution in [0.5, 0.6) is 0 Å². The third-order valence-electron chi connectivity index (χ3n) is 4.56. The van der Waals surface area contributed by atoms with Crippen LogP contribution in [-0.4, -0.2) is 36.6 Å². The van der Waals surface area contributed by atoms with Gasteiger partial charge in [-0.05, 0) is 40.2 Å². The predicted molar refractivity (Wildman–Crippen MR) is 88.8 cm³/mol. The molecule has 2 aromatic rings. The van der Waals surface area contributed by atoms with Crippen LogP contribution in [-0.2, 0) is 6.42 Å². The maximum Gasteiger partial charge on any atom is 0.132 e. The SMILES string of the molecule is CN1CCN2c3ncc(Br)cc3Cc3ccccc3[C@H]2C1. The minimum atomic E-state index is 0.412. The first-order valence-corrected chi connectivity index (χ1v) is 8.19. The van der Waals surface area contributed by atoms with Crippen LogP contribution < -0.4 is 4.90 Å². The summed E-state index contributed by atoms with van der Waals surface area (Å²) in [6, 6.07) is 11.5. The van der Waals surface area contributed by atoms with Gasteiger partial charge >= 0.3 is 0 Å². The second-order valence-corrected chi connectivity index (χ2v) is 6.90. The van der Waals surface area contributed by atoms with Gasteiger partial charge in [0.25, 0.3) is 0 Å². The zero-order chi connectivity index (χ0) is 14.4. The zero-order valence-corrected chi connectivity index (χ0v) is 13.7. The first-order valence-electron chi connectivity index (χ1n) is 7.40. The van der Waals surface area contributed by atoms with E-state index in [-0.39, 0.29) is 0 Å². The third kappa shape index (κ3) is 2.27. The van der Waals surface area contributed by atoms with E-state index in [1.54, 1.807) is 0 Å². The van der Waals surface area contributed by atoms with Gasteiger partial charge in [-0.3, -0.25) is 0 Å². The van der Waals surface area contributed by atoms with Crippen LogP contribution in [0.1, 0.15) is 22.7 Å². The minimum Gasteiger partial charge on any atom is -0.347 e. The molecule has 0 N–H and O–H groups in total. The number of fused-ring (bicyclic) bond motifs is 5. The largest absolute Gasteiger partial charge is 0.347 e. The maximum atomic E-state index is 4.73. The van der Waals surface area contributed by atoms with Crippen molar-refractivity contribution in [2.24, 2.45) is 0 Å². The number of halogens is 1. The Morgan fingerprint density at radius 2 is 2.05 bits per heavy atom. The molecule has 0 radical (unpaired) electrons. The number of rotatable bonds is 0. The second kappa shape index (κ2) is 5.11. The fourth-order valence-corrected chi connectivity index (χ4v) is 3.91. The molecule has 1 saturated heterocycles. The highest BCUT2D eigenvalue weighted by atomic mass is 79.9. The van der Waals surface area contributed by atoms with Crippen LogP contribution in [0.4, 0.5) is 5.82 Å². The van der Waals surface area contributed by atoms with E-state index < -0.39 is 0 Å². The first-order chi connectivity index (χ1) is 10.2. The van der Waals surface area contributed by atoms with Crippen molar-refractivity contribution >= 4 is 21.7 Å². The lowest BCUT2D eigenvalue weighted by atomic mass is 9.96. The fourth-order valence-electron chi connectivity index (χ4n) is 3.53. The molecule has 0 saturated carbocycles. The lowest BCUT2D eigenvalue weighted by molar-refractivity contribution is 0.268. The summed E-state index contributed by atoms with van der Waals surface area (Å²) in [5, 5.41) is 0. The molecule has 2 aliphatic rings. The predicted octanol–water partition coefficient (Wildman–Crippen LogP) is 3.24. The summed E-state index contributed by atoms with van der Waals surface area (Å²) in [7, 11) is 2.21. The first kappa shape index (κ1) is 13.3. The number of benzene rings is 1. The van der Waals surface area contributed by atoms with Gasteiger partial charge in [0.05, 0.1) is 6.04 Å². The van der Waals surface area contributed by atoms with Crippen LogP contribution in [0.2, 0.25) is 0 Å². The molecule has 1 aromatic heterocycles. The molecule has 0 spiro atoms. The Morgan fingerprint density at radius 1 is 1.19 bits per heavy atom. The van der Waals surface area contributed by atoms with E-state index in [2.05, 4.69) is 63.1 Å². The van der Waals surface area contributed by atoms with E-state index in [1.807, 2.05) is 6.20 Å². The molecule has 1 aromatic carbocycles. The Balaban J connectivity index is 1.90. The Morgan fingerprint density at radius 3 is 2.95 bits per heavy atom. The smallest absolute Gasteiger partial charge is 0.132 e. The quantitative estimate of drug-likeness (QED) is 0.731. The number of pyridine rings is 1. The number of aromatic nitrogens is 1. The van der Waals surface area contributed by atoms with Gasteiger partial charge in [-0.25, -0.2) is 4.98 Å². The Hall–Kier alpha value is -1.39. The molecule has 3 nitrogen and oxygen atoms in total. The van der Waals surface area contributed by atoms with Crippen LogP contribution in [0.25, 0.3) is 0 Å². The normalized spacial score (nSPS) is 21.2. The Bertz CT molecular complexity index is 685. The van der Waals surface area contributed by atoms with Crippen molar-refractivity contribution in [3.63, 3.8) is 0 Å². The molecule has 4 rings (SSSR count). The number of piperazine rings is 1. The highest BCUT2D eigenvalue weighted by molar-refractivity contribution is 9.10. The van der Waals surface area contributed by atoms with Crippen LogP contribution in [0.15, 0.2) is 41.0 Å². The molecule has 1 atom stereocenters. The molecular formula is C17H18BrN3. The van der Waals surface area contributed by atoms with Crippen molar-refractivity contribution in [3.8, 4) is 0 Å². The standard InChI is InChI=1S/C17H18BrN3/c1-20-6-7-21-16(11-20)15-5-3-2-4-12(15)8-13-9-14(18)10-19-17(13)21/h2-5,9-10,16H,6-8,11H2,1H3/t16-/m1/s1. The van der Waals surface area contributed by atoms with E-state index in [9.17, 15) is 0 Å². The maximum absolute atomic E-state index is 4.73. The summed E-state index contributed by atoms with van der Waals surface area (Å²) in [4.78, 5) is 9.64. The van der Waals surface area contributed by atoms with Crippen molar-refractivity contribution in [2.45, 2.75) is 12.5 Å². The Kier molecular flexibility index (Phi) is 3.23. The monoisotopic (exact) mass is 343 g/mol. The molecule has 108 valence electrons. The van der Waals surface area contributed by atoms with Crippen molar-refractivity contribution in [2.75, 3.05) is 31.6 Å². The van der Waals surface area contributed by atoms with Gasteiger partial charge in [-0.15, -0.1) is 0 Å². The average Bonchev–Trinajstić information content (AvgIpc) is 2.61. The second-order valence-electron chi connectivity index (χ2n) is 5.98. The number of anilines is 1. The molecule has 21 heavy (non-hydrogen) atoms. The summed E-state index contributed by atoms with van der Waals surface area (Å²) in [6.45, 7) is 3.20. The van der Waals surface area contributed by atoms with Crippen molar-refractivity contribution in [1.29, 1.82) is 0 Å². The highest BCUT2D eigenvalue weighted by Crippen LogP contribution is 2.38. The minimum absolute atomic E-state index is 0.412. The van der Waals surface area contributed by atoms with Gasteiger partial charge in [-0.2, -0.15) is 0 Å². The highest BCUT2D eigenvalue weighted by Gasteiger charge is 2.32. The van der Waals surface area contributed by atoms with E-state index in [4.69, 9.17) is 4.98 Å². The van der Waals surface area contributed by atoms with Crippen molar-refractivity contribution in [3.05, 3.63) is 57.7 Å². The van der Waals surface area contributed by atoms with Crippen molar-refractivity contribution < 1.29 is 0 Å². The summed E-state index contributed by atoms with van der Waals surface area (Å²) in [6.07, 6.45) is 2.89. The average molecular weight is 344 g/mol. The number of hydrogen-bond donors (Lipinski definition) is 0. The van der Waals surface area contributed by atoms with Gasteiger partial charge in [0.2, 0.25) is 0 Å². The van der Waals surface area contributed by atoms with Gasteiger partial charge < -0.3 is 9.80 Å². The van der Waals surface area contributed by atoms with Crippen LogP contribution >= 0.6 is 15.9 Å². The summed E-state index contributed by atoms with van der Waals surface area (Å²) >= 11 is 3.56. The molecule has 2 aliphatic heterocycles. The molecule has 0 amide bonds. The number of nitrogens with zero attached hydrogens (tertiary/aromatic N) is 3. The van der Waals surface area contributed by atoms with Gasteiger partial charge in [0.1, 0.15) is 5.82 Å². The lowest BCUT2D eigenvalue weighted by Crippen LogP contribution is -2.47. The van der Waals surface area contributed by atoms with Gasteiger partial charge in [0.15, 0.2) is 0 Å². The van der Waals surface area contributed by atoms with Crippen LogP contribution in [0, 0.1) is 0 Å². The molecule has 0 bridgehead atoms. The molecule has 0 aliphatic carbocycles. The van der Waals surface area contributed by atoms with E-state index in [1.165, 1.54) is 16.7 Å². The third-order valence-corrected chi connectivity index (χ3v) is 4.99. The number of hydrogen-bond acceptors (Lipinski definition) is 3. The summed E-state index contributed by atoms with van der Waals surface area (Å²) in [5.41, 5.74) is 4.21. The zero-order valence-electron chi connectivity index (χ0n) is 12.1. The molecular weight excluding hydrogens is 326 g/mol. The molecule has 0 unspecified atom stereocenters. The Labute approximate surface area is 133 Å². The summed E-state index contributed by atoms with van der Waals surface area (Å²) in [5.74, 6) is 1.16. The molecule has 3 heterocycles. The van der Waals surface area contributed by atoms with Crippen LogP contribution in [0.3, 0.4) is 0 Å². The van der Waals surface area contributed by atoms with Gasteiger partial charge in [-0.1, -0.05) is 24.3 Å². The van der Waals surface area contributed by atoms with E-state index in [0.717, 1.165) is 36.3 Å². The van der Waals surface area contributed by atoms with Gasteiger partial charge in [0, 0.05) is 42.3 Å². The fraction of sp³-hybridized carbons (Fsp3) is 0.353. The molecule has 4 heteroatoms. The lowest BCUT2D eigenvalue weighted by Gasteiger charge is -2.41. The number of likely N-dealkylation sites (N-methyl/N-ethyl adjacent to an activating group) is 1. The van der Waals surface area contributed by atoms with Crippen molar-refractivity contribution in [1.82, 2.24) is 9.88 Å². The summed E-state index contributed by atoms with van der Waals surface area (Å²) < 4.78 is 1.06.